The zero-order chi connectivity index (χ0) is 14.4. The lowest BCUT2D eigenvalue weighted by atomic mass is 10.0. The number of aryl methyl sites for hydroxylation is 1. The summed E-state index contributed by atoms with van der Waals surface area (Å²) < 4.78 is 27.7. The Hall–Kier alpha value is -1.07. The predicted molar refractivity (Wildman–Crippen MR) is 77.5 cm³/mol. The van der Waals surface area contributed by atoms with Gasteiger partial charge >= 0.3 is 0 Å². The van der Waals surface area contributed by atoms with Gasteiger partial charge in [-0.05, 0) is 69.7 Å². The highest BCUT2D eigenvalue weighted by molar-refractivity contribution is 7.89. The van der Waals surface area contributed by atoms with Crippen molar-refractivity contribution < 1.29 is 8.42 Å². The minimum atomic E-state index is -3.51. The van der Waals surface area contributed by atoms with Crippen molar-refractivity contribution in [2.45, 2.75) is 51.0 Å². The van der Waals surface area contributed by atoms with E-state index in [1.165, 1.54) is 6.07 Å². The smallest absolute Gasteiger partial charge is 0.241 e. The molecule has 4 nitrogen and oxygen atoms in total. The monoisotopic (exact) mass is 282 g/mol. The normalized spacial score (nSPS) is 16.6. The molecule has 0 unspecified atom stereocenters. The summed E-state index contributed by atoms with van der Waals surface area (Å²) in [4.78, 5) is 0.252. The van der Waals surface area contributed by atoms with Crippen molar-refractivity contribution >= 4 is 15.7 Å². The molecule has 106 valence electrons. The van der Waals surface area contributed by atoms with Crippen LogP contribution in [0.3, 0.4) is 0 Å². The van der Waals surface area contributed by atoms with Crippen molar-refractivity contribution in [1.29, 1.82) is 0 Å². The highest BCUT2D eigenvalue weighted by atomic mass is 32.2. The van der Waals surface area contributed by atoms with Crippen molar-refractivity contribution in [3.63, 3.8) is 0 Å². The van der Waals surface area contributed by atoms with Crippen LogP contribution in [0.5, 0.6) is 0 Å². The Kier molecular flexibility index (Phi) is 3.39. The maximum Gasteiger partial charge on any atom is 0.241 e. The van der Waals surface area contributed by atoms with Gasteiger partial charge in [0.15, 0.2) is 0 Å². The second kappa shape index (κ2) is 4.49. The Labute approximate surface area is 115 Å². The second-order valence-electron chi connectivity index (χ2n) is 6.06. The molecule has 0 amide bonds. The average Bonchev–Trinajstić information content (AvgIpc) is 3.07. The third-order valence-electron chi connectivity index (χ3n) is 3.99. The molecule has 0 saturated heterocycles. The molecule has 3 N–H and O–H groups in total. The summed E-state index contributed by atoms with van der Waals surface area (Å²) in [7, 11) is -3.51. The number of rotatable bonds is 4. The van der Waals surface area contributed by atoms with Gasteiger partial charge in [-0.3, -0.25) is 0 Å². The third kappa shape index (κ3) is 2.92. The van der Waals surface area contributed by atoms with Gasteiger partial charge in [0.25, 0.3) is 0 Å². The van der Waals surface area contributed by atoms with Gasteiger partial charge in [0.2, 0.25) is 10.0 Å². The van der Waals surface area contributed by atoms with Crippen LogP contribution in [0.4, 0.5) is 5.69 Å². The van der Waals surface area contributed by atoms with Crippen LogP contribution >= 0.6 is 0 Å². The van der Waals surface area contributed by atoms with Gasteiger partial charge in [-0.1, -0.05) is 0 Å². The zero-order valence-electron chi connectivity index (χ0n) is 11.9. The Bertz CT molecular complexity index is 579. The SMILES string of the molecule is Cc1cc(S(=O)(=O)NC(C)(C)C2CC2)cc(N)c1C. The molecule has 1 aliphatic carbocycles. The fraction of sp³-hybridized carbons (Fsp3) is 0.571. The summed E-state index contributed by atoms with van der Waals surface area (Å²) in [5.74, 6) is 0.436. The van der Waals surface area contributed by atoms with Gasteiger partial charge in [-0.15, -0.1) is 0 Å². The number of hydrogen-bond acceptors (Lipinski definition) is 3. The highest BCUT2D eigenvalue weighted by Gasteiger charge is 2.40. The number of nitrogens with one attached hydrogen (secondary N) is 1. The van der Waals surface area contributed by atoms with E-state index >= 15 is 0 Å². The van der Waals surface area contributed by atoms with Gasteiger partial charge in [-0.2, -0.15) is 0 Å². The molecule has 0 bridgehead atoms. The largest absolute Gasteiger partial charge is 0.398 e. The Balaban J connectivity index is 2.34. The van der Waals surface area contributed by atoms with E-state index in [-0.39, 0.29) is 4.90 Å². The molecule has 0 heterocycles. The number of benzene rings is 1. The third-order valence-corrected chi connectivity index (χ3v) is 5.64. The zero-order valence-corrected chi connectivity index (χ0v) is 12.8. The molecule has 1 aromatic carbocycles. The van der Waals surface area contributed by atoms with Crippen molar-refractivity contribution in [3.05, 3.63) is 23.3 Å². The lowest BCUT2D eigenvalue weighted by Gasteiger charge is -2.26. The molecule has 19 heavy (non-hydrogen) atoms. The highest BCUT2D eigenvalue weighted by Crippen LogP contribution is 2.40. The van der Waals surface area contributed by atoms with E-state index in [1.807, 2.05) is 27.7 Å². The van der Waals surface area contributed by atoms with Crippen LogP contribution < -0.4 is 10.5 Å². The molecule has 1 aliphatic rings. The van der Waals surface area contributed by atoms with Crippen LogP contribution in [0, 0.1) is 19.8 Å². The molecule has 5 heteroatoms. The van der Waals surface area contributed by atoms with E-state index in [0.29, 0.717) is 11.6 Å². The number of sulfonamides is 1. The first-order chi connectivity index (χ1) is 8.63. The van der Waals surface area contributed by atoms with Crippen LogP contribution in [0.15, 0.2) is 17.0 Å². The first-order valence-corrected chi connectivity index (χ1v) is 8.02. The lowest BCUT2D eigenvalue weighted by molar-refractivity contribution is 0.400. The predicted octanol–water partition coefficient (Wildman–Crippen LogP) is 2.35. The maximum atomic E-state index is 12.4. The van der Waals surface area contributed by atoms with Crippen LogP contribution in [0.1, 0.15) is 37.8 Å². The molecule has 0 radical (unpaired) electrons. The van der Waals surface area contributed by atoms with E-state index in [1.54, 1.807) is 6.07 Å². The summed E-state index contributed by atoms with van der Waals surface area (Å²) in [6.07, 6.45) is 2.18. The van der Waals surface area contributed by atoms with E-state index in [4.69, 9.17) is 5.73 Å². The Morgan fingerprint density at radius 2 is 1.84 bits per heavy atom. The fourth-order valence-electron chi connectivity index (χ4n) is 2.30. The minimum Gasteiger partial charge on any atom is -0.398 e. The topological polar surface area (TPSA) is 72.2 Å². The Morgan fingerprint density at radius 1 is 1.26 bits per heavy atom. The first kappa shape index (κ1) is 14.3. The van der Waals surface area contributed by atoms with E-state index in [9.17, 15) is 8.42 Å². The van der Waals surface area contributed by atoms with E-state index < -0.39 is 15.6 Å². The van der Waals surface area contributed by atoms with Gasteiger partial charge in [-0.25, -0.2) is 13.1 Å². The van der Waals surface area contributed by atoms with E-state index in [0.717, 1.165) is 24.0 Å². The summed E-state index contributed by atoms with van der Waals surface area (Å²) in [5, 5.41) is 0. The minimum absolute atomic E-state index is 0.252. The summed E-state index contributed by atoms with van der Waals surface area (Å²) in [5.41, 5.74) is 7.81. The molecule has 0 aliphatic heterocycles. The maximum absolute atomic E-state index is 12.4. The van der Waals surface area contributed by atoms with Crippen molar-refractivity contribution in [2.24, 2.45) is 5.92 Å². The number of anilines is 1. The van der Waals surface area contributed by atoms with Crippen molar-refractivity contribution in [1.82, 2.24) is 4.72 Å². The molecule has 1 aromatic rings. The van der Waals surface area contributed by atoms with Gasteiger partial charge < -0.3 is 5.73 Å². The summed E-state index contributed by atoms with van der Waals surface area (Å²) >= 11 is 0. The number of hydrogen-bond donors (Lipinski definition) is 2. The molecular weight excluding hydrogens is 260 g/mol. The molecule has 1 fully saturated rings. The van der Waals surface area contributed by atoms with E-state index in [2.05, 4.69) is 4.72 Å². The van der Waals surface area contributed by atoms with Gasteiger partial charge in [0.05, 0.1) is 4.90 Å². The lowest BCUT2D eigenvalue weighted by Crippen LogP contribution is -2.45. The second-order valence-corrected chi connectivity index (χ2v) is 7.74. The van der Waals surface area contributed by atoms with Crippen molar-refractivity contribution in [2.75, 3.05) is 5.73 Å². The fourth-order valence-corrected chi connectivity index (χ4v) is 3.89. The quantitative estimate of drug-likeness (QED) is 0.833. The molecular formula is C14H22N2O2S. The van der Waals surface area contributed by atoms with Gasteiger partial charge in [0, 0.05) is 11.2 Å². The standard InChI is InChI=1S/C14H22N2O2S/c1-9-7-12(8-13(15)10(9)2)19(17,18)16-14(3,4)11-5-6-11/h7-8,11,16H,5-6,15H2,1-4H3. The number of nitrogen functional groups attached to an aromatic ring is 1. The van der Waals surface area contributed by atoms with Crippen LogP contribution in [-0.2, 0) is 10.0 Å². The molecule has 2 rings (SSSR count). The Morgan fingerprint density at radius 3 is 2.32 bits per heavy atom. The van der Waals surface area contributed by atoms with Crippen LogP contribution in [0.2, 0.25) is 0 Å². The average molecular weight is 282 g/mol. The molecule has 0 atom stereocenters. The summed E-state index contributed by atoms with van der Waals surface area (Å²) in [6, 6.07) is 3.21. The van der Waals surface area contributed by atoms with Crippen molar-refractivity contribution in [3.8, 4) is 0 Å². The number of nitrogens with two attached hydrogens (primary N) is 1. The van der Waals surface area contributed by atoms with Gasteiger partial charge in [0.1, 0.15) is 0 Å². The molecule has 1 saturated carbocycles. The van der Waals surface area contributed by atoms with Crippen LogP contribution in [-0.4, -0.2) is 14.0 Å². The summed E-state index contributed by atoms with van der Waals surface area (Å²) in [6.45, 7) is 7.64. The van der Waals surface area contributed by atoms with Crippen LogP contribution in [0.25, 0.3) is 0 Å². The first-order valence-electron chi connectivity index (χ1n) is 6.54. The molecule has 0 aromatic heterocycles. The molecule has 0 spiro atoms.